The number of benzene rings is 1. The smallest absolute Gasteiger partial charge is 0.348 e. The Labute approximate surface area is 181 Å². The van der Waals surface area contributed by atoms with Gasteiger partial charge in [-0.3, -0.25) is 9.52 Å². The van der Waals surface area contributed by atoms with E-state index < -0.39 is 33.6 Å². The summed E-state index contributed by atoms with van der Waals surface area (Å²) in [5, 5.41) is 2.44. The van der Waals surface area contributed by atoms with E-state index in [1.807, 2.05) is 10.6 Å². The highest BCUT2D eigenvalue weighted by Crippen LogP contribution is 2.28. The molecule has 6 nitrogen and oxygen atoms in total. The van der Waals surface area contributed by atoms with Crippen LogP contribution in [0.3, 0.4) is 0 Å². The molecular weight excluding hydrogens is 450 g/mol. The van der Waals surface area contributed by atoms with Gasteiger partial charge in [0.05, 0.1) is 17.5 Å². The number of carbonyl (C=O) groups excluding carboxylic acids is 1. The molecule has 1 amide bonds. The Bertz CT molecular complexity index is 1270. The molecule has 0 saturated carbocycles. The zero-order chi connectivity index (χ0) is 24.1. The van der Waals surface area contributed by atoms with E-state index >= 15 is 0 Å². The van der Waals surface area contributed by atoms with Gasteiger partial charge in [0.2, 0.25) is 15.9 Å². The predicted octanol–water partition coefficient (Wildman–Crippen LogP) is 2.90. The molecule has 32 heavy (non-hydrogen) atoms. The Morgan fingerprint density at radius 3 is 2.47 bits per heavy atom. The van der Waals surface area contributed by atoms with E-state index in [0.717, 1.165) is 30.5 Å². The van der Waals surface area contributed by atoms with Gasteiger partial charge in [0.15, 0.2) is 0 Å². The number of carbonyl (C=O) groups is 1. The number of terminal acetylenes is 2. The number of pyridine rings is 1. The Hall–Kier alpha value is -3.83. The van der Waals surface area contributed by atoms with Crippen molar-refractivity contribution in [3.05, 3.63) is 64.2 Å². The lowest BCUT2D eigenvalue weighted by molar-refractivity contribution is -0.141. The van der Waals surface area contributed by atoms with Gasteiger partial charge in [-0.25, -0.2) is 17.8 Å². The Kier molecular flexibility index (Phi) is 7.28. The molecule has 2 aromatic rings. The van der Waals surface area contributed by atoms with E-state index in [4.69, 9.17) is 12.8 Å². The summed E-state index contributed by atoms with van der Waals surface area (Å²) in [6.45, 7) is -0.165. The number of nitrogens with one attached hydrogen (secondary N) is 2. The van der Waals surface area contributed by atoms with Crippen molar-refractivity contribution in [2.24, 2.45) is 0 Å². The first kappa shape index (κ1) is 24.4. The number of hydrogen-bond donors (Lipinski definition) is 2. The highest BCUT2D eigenvalue weighted by molar-refractivity contribution is 7.92. The van der Waals surface area contributed by atoms with Crippen LogP contribution in [0.1, 0.15) is 28.1 Å². The number of sulfonamides is 1. The van der Waals surface area contributed by atoms with E-state index in [9.17, 15) is 30.8 Å². The first-order valence-electron chi connectivity index (χ1n) is 8.61. The molecule has 0 saturated heterocycles. The molecular formula is C21H15F4N3O3S. The number of nitrogens with zero attached hydrogens (tertiary/aromatic N) is 1. The molecule has 166 valence electrons. The zero-order valence-corrected chi connectivity index (χ0v) is 17.2. The number of halogens is 4. The van der Waals surface area contributed by atoms with Crippen molar-refractivity contribution in [2.75, 3.05) is 11.0 Å². The maximum absolute atomic E-state index is 14.3. The topological polar surface area (TPSA) is 88.2 Å². The average molecular weight is 465 g/mol. The Balaban J connectivity index is 2.14. The van der Waals surface area contributed by atoms with Crippen LogP contribution in [0.25, 0.3) is 6.08 Å². The van der Waals surface area contributed by atoms with Crippen molar-refractivity contribution in [2.45, 2.75) is 12.7 Å². The molecule has 0 fully saturated rings. The van der Waals surface area contributed by atoms with Crippen LogP contribution in [-0.4, -0.2) is 25.6 Å². The Morgan fingerprint density at radius 1 is 1.22 bits per heavy atom. The molecule has 0 bridgehead atoms. The molecule has 0 aliphatic carbocycles. The van der Waals surface area contributed by atoms with Gasteiger partial charge in [-0.05, 0) is 41.8 Å². The lowest BCUT2D eigenvalue weighted by Gasteiger charge is -2.11. The van der Waals surface area contributed by atoms with Crippen LogP contribution in [-0.2, 0) is 27.5 Å². The number of rotatable bonds is 6. The molecule has 11 heteroatoms. The molecule has 0 aliphatic heterocycles. The Morgan fingerprint density at radius 2 is 1.91 bits per heavy atom. The second-order valence-corrected chi connectivity index (χ2v) is 8.09. The SMILES string of the molecule is C#Cc1cc(CNC(=O)/C=C\c2ccc(C(F)(F)F)nc2C#C)cc(F)c1NS(C)(=O)=O. The van der Waals surface area contributed by atoms with E-state index in [0.29, 0.717) is 0 Å². The third-order valence-electron chi connectivity index (χ3n) is 3.83. The summed E-state index contributed by atoms with van der Waals surface area (Å²) in [4.78, 5) is 15.4. The second kappa shape index (κ2) is 9.54. The second-order valence-electron chi connectivity index (χ2n) is 6.35. The zero-order valence-electron chi connectivity index (χ0n) is 16.4. The number of anilines is 1. The molecule has 1 aromatic heterocycles. The van der Waals surface area contributed by atoms with E-state index in [-0.39, 0.29) is 34.6 Å². The quantitative estimate of drug-likeness (QED) is 0.390. The van der Waals surface area contributed by atoms with Crippen LogP contribution >= 0.6 is 0 Å². The largest absolute Gasteiger partial charge is 0.433 e. The first-order valence-corrected chi connectivity index (χ1v) is 10.5. The number of hydrogen-bond acceptors (Lipinski definition) is 4. The molecule has 0 atom stereocenters. The fraction of sp³-hybridized carbons (Fsp3) is 0.143. The number of amides is 1. The lowest BCUT2D eigenvalue weighted by Crippen LogP contribution is -2.21. The van der Waals surface area contributed by atoms with E-state index in [1.54, 1.807) is 0 Å². The van der Waals surface area contributed by atoms with Crippen LogP contribution in [0.2, 0.25) is 0 Å². The molecule has 0 radical (unpaired) electrons. The summed E-state index contributed by atoms with van der Waals surface area (Å²) in [6, 6.07) is 4.12. The monoisotopic (exact) mass is 465 g/mol. The van der Waals surface area contributed by atoms with Crippen molar-refractivity contribution < 1.29 is 30.8 Å². The van der Waals surface area contributed by atoms with E-state index in [1.165, 1.54) is 12.1 Å². The third kappa shape index (κ3) is 6.59. The van der Waals surface area contributed by atoms with Gasteiger partial charge in [-0.1, -0.05) is 5.92 Å². The minimum atomic E-state index is -4.66. The molecule has 1 aromatic carbocycles. The maximum Gasteiger partial charge on any atom is 0.433 e. The fourth-order valence-electron chi connectivity index (χ4n) is 2.46. The summed E-state index contributed by atoms with van der Waals surface area (Å²) in [6.07, 6.45) is 8.86. The van der Waals surface area contributed by atoms with Crippen LogP contribution in [0.15, 0.2) is 30.3 Å². The van der Waals surface area contributed by atoms with Crippen molar-refractivity contribution in [1.82, 2.24) is 10.3 Å². The molecule has 1 heterocycles. The minimum absolute atomic E-state index is 0.0651. The van der Waals surface area contributed by atoms with Crippen LogP contribution < -0.4 is 10.0 Å². The molecule has 2 N–H and O–H groups in total. The van der Waals surface area contributed by atoms with Gasteiger partial charge in [0.1, 0.15) is 17.2 Å². The maximum atomic E-state index is 14.3. The van der Waals surface area contributed by atoms with Gasteiger partial charge < -0.3 is 5.32 Å². The van der Waals surface area contributed by atoms with Crippen molar-refractivity contribution in [1.29, 1.82) is 0 Å². The third-order valence-corrected chi connectivity index (χ3v) is 4.40. The van der Waals surface area contributed by atoms with Crippen molar-refractivity contribution >= 4 is 27.7 Å². The average Bonchev–Trinajstić information content (AvgIpc) is 2.70. The summed E-state index contributed by atoms with van der Waals surface area (Å²) < 4.78 is 77.1. The number of aromatic nitrogens is 1. The standard InChI is InChI=1S/C21H15F4N3O3S/c1-4-14-10-13(11-16(22)20(14)28-32(3,30)31)12-26-19(29)9-7-15-6-8-18(21(23,24)25)27-17(15)5-2/h1-2,6-11,28H,12H2,3H3,(H,26,29)/b9-7-. The normalized spacial score (nSPS) is 11.6. The van der Waals surface area contributed by atoms with Crippen LogP contribution in [0, 0.1) is 30.5 Å². The van der Waals surface area contributed by atoms with E-state index in [2.05, 4.69) is 16.2 Å². The summed E-state index contributed by atoms with van der Waals surface area (Å²) in [5.41, 5.74) is -1.54. The fourth-order valence-corrected chi connectivity index (χ4v) is 3.04. The van der Waals surface area contributed by atoms with Gasteiger partial charge in [-0.2, -0.15) is 13.2 Å². The molecule has 0 aliphatic rings. The van der Waals surface area contributed by atoms with Gasteiger partial charge >= 0.3 is 6.18 Å². The highest BCUT2D eigenvalue weighted by Gasteiger charge is 2.32. The summed E-state index contributed by atoms with van der Waals surface area (Å²) >= 11 is 0. The summed E-state index contributed by atoms with van der Waals surface area (Å²) in [5.74, 6) is 2.60. The van der Waals surface area contributed by atoms with Crippen LogP contribution in [0.5, 0.6) is 0 Å². The molecule has 0 unspecified atom stereocenters. The lowest BCUT2D eigenvalue weighted by atomic mass is 10.1. The number of alkyl halides is 3. The van der Waals surface area contributed by atoms with Gasteiger partial charge in [0, 0.05) is 18.2 Å². The van der Waals surface area contributed by atoms with Crippen molar-refractivity contribution in [3.63, 3.8) is 0 Å². The van der Waals surface area contributed by atoms with Gasteiger partial charge in [-0.15, -0.1) is 12.8 Å². The van der Waals surface area contributed by atoms with Gasteiger partial charge in [0.25, 0.3) is 0 Å². The molecule has 0 spiro atoms. The first-order chi connectivity index (χ1) is 14.8. The minimum Gasteiger partial charge on any atom is -0.348 e. The summed E-state index contributed by atoms with van der Waals surface area (Å²) in [7, 11) is -3.77. The highest BCUT2D eigenvalue weighted by atomic mass is 32.2. The van der Waals surface area contributed by atoms with Crippen molar-refractivity contribution in [3.8, 4) is 24.7 Å². The van der Waals surface area contributed by atoms with Crippen LogP contribution in [0.4, 0.5) is 23.2 Å². The molecule has 2 rings (SSSR count). The predicted molar refractivity (Wildman–Crippen MR) is 111 cm³/mol.